The van der Waals surface area contributed by atoms with E-state index in [-0.39, 0.29) is 12.6 Å². The van der Waals surface area contributed by atoms with Crippen LogP contribution in [-0.4, -0.2) is 30.4 Å². The van der Waals surface area contributed by atoms with Gasteiger partial charge in [-0.15, -0.1) is 0 Å². The summed E-state index contributed by atoms with van der Waals surface area (Å²) < 4.78 is 53.1. The fourth-order valence-electron chi connectivity index (χ4n) is 2.03. The monoisotopic (exact) mass is 291 g/mol. The van der Waals surface area contributed by atoms with Crippen molar-refractivity contribution >= 4 is 10.0 Å². The molecule has 0 amide bonds. The molecular weight excluding hydrogens is 276 g/mol. The van der Waals surface area contributed by atoms with Crippen molar-refractivity contribution in [3.05, 3.63) is 29.3 Å². The molecule has 2 rings (SSSR count). The zero-order valence-corrected chi connectivity index (χ0v) is 11.3. The highest BCUT2D eigenvalue weighted by Crippen LogP contribution is 2.33. The van der Waals surface area contributed by atoms with Gasteiger partial charge in [-0.3, -0.25) is 0 Å². The molecule has 0 heterocycles. The summed E-state index contributed by atoms with van der Waals surface area (Å²) >= 11 is 0. The van der Waals surface area contributed by atoms with E-state index in [0.717, 1.165) is 25.0 Å². The van der Waals surface area contributed by atoms with Crippen molar-refractivity contribution in [1.29, 1.82) is 0 Å². The van der Waals surface area contributed by atoms with E-state index in [1.165, 1.54) is 4.31 Å². The van der Waals surface area contributed by atoms with Gasteiger partial charge in [0.25, 0.3) is 0 Å². The molecule has 1 N–H and O–H groups in total. The first-order valence-electron chi connectivity index (χ1n) is 6.03. The van der Waals surface area contributed by atoms with Crippen molar-refractivity contribution in [1.82, 2.24) is 4.31 Å². The number of benzene rings is 1. The number of nitrogens with zero attached hydrogens (tertiary/aromatic N) is 1. The summed E-state index contributed by atoms with van der Waals surface area (Å²) in [6.45, 7) is 1.03. The normalized spacial score (nSPS) is 16.1. The van der Waals surface area contributed by atoms with Gasteiger partial charge in [0.15, 0.2) is 5.82 Å². The van der Waals surface area contributed by atoms with Crippen LogP contribution in [0.5, 0.6) is 0 Å². The van der Waals surface area contributed by atoms with Crippen LogP contribution in [0.3, 0.4) is 0 Å². The predicted octanol–water partition coefficient (Wildman–Crippen LogP) is 1.63. The van der Waals surface area contributed by atoms with Gasteiger partial charge in [0.05, 0.1) is 12.2 Å². The van der Waals surface area contributed by atoms with E-state index >= 15 is 0 Å². The number of sulfonamides is 1. The van der Waals surface area contributed by atoms with Crippen LogP contribution in [0.1, 0.15) is 25.3 Å². The van der Waals surface area contributed by atoms with Crippen LogP contribution in [-0.2, 0) is 16.6 Å². The van der Waals surface area contributed by atoms with Crippen molar-refractivity contribution in [2.75, 3.05) is 6.54 Å². The Morgan fingerprint density at radius 1 is 1.37 bits per heavy atom. The van der Waals surface area contributed by atoms with Gasteiger partial charge in [-0.1, -0.05) is 6.92 Å². The van der Waals surface area contributed by atoms with Gasteiger partial charge in [0, 0.05) is 12.6 Å². The summed E-state index contributed by atoms with van der Waals surface area (Å²) in [7, 11) is -3.99. The number of hydrogen-bond donors (Lipinski definition) is 1. The van der Waals surface area contributed by atoms with Gasteiger partial charge < -0.3 is 5.11 Å². The van der Waals surface area contributed by atoms with E-state index in [1.54, 1.807) is 6.92 Å². The highest BCUT2D eigenvalue weighted by molar-refractivity contribution is 7.89. The summed E-state index contributed by atoms with van der Waals surface area (Å²) in [5.74, 6) is -2.16. The van der Waals surface area contributed by atoms with Gasteiger partial charge >= 0.3 is 0 Å². The first-order valence-corrected chi connectivity index (χ1v) is 7.47. The molecule has 19 heavy (non-hydrogen) atoms. The van der Waals surface area contributed by atoms with Crippen molar-refractivity contribution in [3.8, 4) is 0 Å². The first kappa shape index (κ1) is 14.4. The number of hydrogen-bond acceptors (Lipinski definition) is 3. The van der Waals surface area contributed by atoms with Crippen LogP contribution in [0.15, 0.2) is 17.0 Å². The molecule has 4 nitrogen and oxygen atoms in total. The van der Waals surface area contributed by atoms with E-state index in [9.17, 15) is 17.2 Å². The van der Waals surface area contributed by atoms with Gasteiger partial charge in [0.1, 0.15) is 10.7 Å². The van der Waals surface area contributed by atoms with Crippen LogP contribution in [0.25, 0.3) is 0 Å². The van der Waals surface area contributed by atoms with Crippen LogP contribution in [0.4, 0.5) is 8.78 Å². The lowest BCUT2D eigenvalue weighted by molar-refractivity contribution is 0.267. The third-order valence-electron chi connectivity index (χ3n) is 3.16. The minimum absolute atomic E-state index is 0.1000. The average molecular weight is 291 g/mol. The fraction of sp³-hybridized carbons (Fsp3) is 0.500. The molecule has 1 fully saturated rings. The Kier molecular flexibility index (Phi) is 3.89. The van der Waals surface area contributed by atoms with Crippen molar-refractivity contribution in [2.45, 2.75) is 37.3 Å². The highest BCUT2D eigenvalue weighted by atomic mass is 32.2. The Labute approximate surface area is 110 Å². The smallest absolute Gasteiger partial charge is 0.246 e. The Hall–Kier alpha value is -1.05. The Balaban J connectivity index is 2.51. The molecule has 1 saturated carbocycles. The van der Waals surface area contributed by atoms with Crippen LogP contribution >= 0.6 is 0 Å². The summed E-state index contributed by atoms with van der Waals surface area (Å²) in [5.41, 5.74) is -0.618. The Bertz CT molecular complexity index is 585. The quantitative estimate of drug-likeness (QED) is 0.897. The Morgan fingerprint density at radius 3 is 2.47 bits per heavy atom. The third-order valence-corrected chi connectivity index (χ3v) is 5.21. The summed E-state index contributed by atoms with van der Waals surface area (Å²) in [6.07, 6.45) is 1.51. The number of halogens is 2. The third kappa shape index (κ3) is 2.50. The number of aliphatic hydroxyl groups is 1. The van der Waals surface area contributed by atoms with Gasteiger partial charge in [-0.2, -0.15) is 4.31 Å². The first-order chi connectivity index (χ1) is 8.93. The molecule has 0 unspecified atom stereocenters. The molecular formula is C12H15F2NO3S. The minimum Gasteiger partial charge on any atom is -0.391 e. The Morgan fingerprint density at radius 2 is 2.00 bits per heavy atom. The predicted molar refractivity (Wildman–Crippen MR) is 64.9 cm³/mol. The molecule has 106 valence electrons. The second-order valence-electron chi connectivity index (χ2n) is 4.44. The second-order valence-corrected chi connectivity index (χ2v) is 6.29. The lowest BCUT2D eigenvalue weighted by atomic mass is 10.2. The molecule has 0 atom stereocenters. The molecule has 0 spiro atoms. The maximum Gasteiger partial charge on any atom is 0.246 e. The molecule has 7 heteroatoms. The van der Waals surface area contributed by atoms with Gasteiger partial charge in [-0.25, -0.2) is 17.2 Å². The molecule has 1 aromatic rings. The number of aliphatic hydroxyl groups excluding tert-OH is 1. The molecule has 0 aliphatic heterocycles. The van der Waals surface area contributed by atoms with E-state index < -0.39 is 38.7 Å². The van der Waals surface area contributed by atoms with Gasteiger partial charge in [-0.05, 0) is 25.0 Å². The largest absolute Gasteiger partial charge is 0.391 e. The average Bonchev–Trinajstić information content (AvgIpc) is 3.14. The summed E-state index contributed by atoms with van der Waals surface area (Å²) in [5, 5.41) is 8.92. The summed E-state index contributed by atoms with van der Waals surface area (Å²) in [4.78, 5) is -0.577. The van der Waals surface area contributed by atoms with Crippen LogP contribution < -0.4 is 0 Å². The zero-order chi connectivity index (χ0) is 14.2. The SMILES string of the molecule is CCN(C1CC1)S(=O)(=O)c1ccc(F)c(CO)c1F. The van der Waals surface area contributed by atoms with E-state index in [2.05, 4.69) is 0 Å². The lowest BCUT2D eigenvalue weighted by Crippen LogP contribution is -2.33. The standard InChI is InChI=1S/C12H15F2NO3S/c1-2-15(8-3-4-8)19(17,18)11-6-5-10(13)9(7-16)12(11)14/h5-6,8,16H,2-4,7H2,1H3. The van der Waals surface area contributed by atoms with Gasteiger partial charge in [0.2, 0.25) is 10.0 Å². The van der Waals surface area contributed by atoms with E-state index in [4.69, 9.17) is 5.11 Å². The van der Waals surface area contributed by atoms with Crippen LogP contribution in [0.2, 0.25) is 0 Å². The van der Waals surface area contributed by atoms with E-state index in [1.807, 2.05) is 0 Å². The maximum atomic E-state index is 14.0. The molecule has 1 aliphatic rings. The fourth-order valence-corrected chi connectivity index (χ4v) is 3.82. The summed E-state index contributed by atoms with van der Waals surface area (Å²) in [6, 6.07) is 1.67. The molecule has 0 bridgehead atoms. The number of rotatable bonds is 5. The molecule has 0 saturated heterocycles. The van der Waals surface area contributed by atoms with Crippen molar-refractivity contribution < 1.29 is 22.3 Å². The molecule has 1 aliphatic carbocycles. The van der Waals surface area contributed by atoms with Crippen molar-refractivity contribution in [2.24, 2.45) is 0 Å². The van der Waals surface area contributed by atoms with Crippen molar-refractivity contribution in [3.63, 3.8) is 0 Å². The maximum absolute atomic E-state index is 14.0. The van der Waals surface area contributed by atoms with E-state index in [0.29, 0.717) is 0 Å². The molecule has 0 radical (unpaired) electrons. The second kappa shape index (κ2) is 5.15. The molecule has 0 aromatic heterocycles. The topological polar surface area (TPSA) is 57.6 Å². The highest BCUT2D eigenvalue weighted by Gasteiger charge is 2.38. The minimum atomic E-state index is -3.99. The zero-order valence-electron chi connectivity index (χ0n) is 10.4. The van der Waals surface area contributed by atoms with Crippen LogP contribution in [0, 0.1) is 11.6 Å². The molecule has 1 aromatic carbocycles. The lowest BCUT2D eigenvalue weighted by Gasteiger charge is -2.20.